The van der Waals surface area contributed by atoms with Gasteiger partial charge >= 0.3 is 0 Å². The van der Waals surface area contributed by atoms with E-state index in [0.717, 1.165) is 5.69 Å². The second-order valence-corrected chi connectivity index (χ2v) is 3.95. The summed E-state index contributed by atoms with van der Waals surface area (Å²) in [7, 11) is 3.69. The number of likely N-dealkylation sites (N-methyl/N-ethyl adjacent to an activating group) is 1. The van der Waals surface area contributed by atoms with E-state index in [1.807, 2.05) is 27.9 Å². The van der Waals surface area contributed by atoms with Crippen LogP contribution in [0.4, 0.5) is 0 Å². The molecule has 0 aliphatic carbocycles. The highest BCUT2D eigenvalue weighted by Gasteiger charge is 2.27. The predicted molar refractivity (Wildman–Crippen MR) is 67.1 cm³/mol. The predicted octanol–water partition coefficient (Wildman–Crippen LogP) is 1.73. The van der Waals surface area contributed by atoms with Gasteiger partial charge in [-0.15, -0.1) is 0 Å². The molecule has 0 aliphatic heterocycles. The van der Waals surface area contributed by atoms with Gasteiger partial charge < -0.3 is 14.8 Å². The molecule has 17 heavy (non-hydrogen) atoms. The average molecular weight is 262 g/mol. The maximum atomic E-state index is 6.13. The molecule has 0 amide bonds. The summed E-state index contributed by atoms with van der Waals surface area (Å²) in [6.45, 7) is 5.03. The second kappa shape index (κ2) is 6.96. The van der Waals surface area contributed by atoms with Crippen molar-refractivity contribution in [1.29, 1.82) is 0 Å². The van der Waals surface area contributed by atoms with E-state index in [0.29, 0.717) is 18.2 Å². The molecule has 0 spiro atoms. The third-order valence-corrected chi connectivity index (χ3v) is 2.77. The van der Waals surface area contributed by atoms with Gasteiger partial charge in [-0.25, -0.2) is 0 Å². The molecule has 1 aromatic heterocycles. The van der Waals surface area contributed by atoms with Gasteiger partial charge in [-0.1, -0.05) is 11.6 Å². The molecule has 1 rings (SSSR count). The minimum Gasteiger partial charge on any atom is -0.351 e. The van der Waals surface area contributed by atoms with E-state index in [1.54, 1.807) is 10.9 Å². The third-order valence-electron chi connectivity index (χ3n) is 2.48. The van der Waals surface area contributed by atoms with Crippen molar-refractivity contribution in [1.82, 2.24) is 15.1 Å². The molecule has 0 bridgehead atoms. The summed E-state index contributed by atoms with van der Waals surface area (Å²) < 4.78 is 12.9. The van der Waals surface area contributed by atoms with E-state index in [2.05, 4.69) is 10.4 Å². The maximum Gasteiger partial charge on any atom is 0.178 e. The van der Waals surface area contributed by atoms with E-state index in [1.165, 1.54) is 0 Å². The third kappa shape index (κ3) is 3.42. The highest BCUT2D eigenvalue weighted by molar-refractivity contribution is 6.31. The molecule has 1 N–H and O–H groups in total. The molecule has 0 aliphatic rings. The van der Waals surface area contributed by atoms with Crippen molar-refractivity contribution in [2.24, 2.45) is 7.05 Å². The Morgan fingerprint density at radius 2 is 2.00 bits per heavy atom. The average Bonchev–Trinajstić information content (AvgIpc) is 2.62. The smallest absolute Gasteiger partial charge is 0.178 e. The molecule has 98 valence electrons. The summed E-state index contributed by atoms with van der Waals surface area (Å²) in [5, 5.41) is 7.89. The van der Waals surface area contributed by atoms with Crippen LogP contribution in [0.25, 0.3) is 0 Å². The second-order valence-electron chi connectivity index (χ2n) is 3.55. The monoisotopic (exact) mass is 261 g/mol. The van der Waals surface area contributed by atoms with Gasteiger partial charge in [0, 0.05) is 20.3 Å². The van der Waals surface area contributed by atoms with E-state index in [4.69, 9.17) is 21.1 Å². The summed E-state index contributed by atoms with van der Waals surface area (Å²) in [6, 6.07) is -0.144. The number of rotatable bonds is 7. The van der Waals surface area contributed by atoms with E-state index in [9.17, 15) is 0 Å². The molecule has 0 aromatic carbocycles. The summed E-state index contributed by atoms with van der Waals surface area (Å²) in [4.78, 5) is 0. The van der Waals surface area contributed by atoms with Gasteiger partial charge in [0.05, 0.1) is 16.9 Å². The number of halogens is 1. The molecule has 1 atom stereocenters. The number of hydrogen-bond donors (Lipinski definition) is 1. The van der Waals surface area contributed by atoms with Crippen LogP contribution in [0, 0.1) is 0 Å². The Morgan fingerprint density at radius 1 is 1.41 bits per heavy atom. The molecular formula is C11H20ClN3O2. The number of nitrogens with zero attached hydrogens (tertiary/aromatic N) is 2. The molecule has 1 unspecified atom stereocenters. The molecular weight excluding hydrogens is 242 g/mol. The van der Waals surface area contributed by atoms with Crippen molar-refractivity contribution in [3.8, 4) is 0 Å². The van der Waals surface area contributed by atoms with Crippen molar-refractivity contribution in [2.45, 2.75) is 26.2 Å². The van der Waals surface area contributed by atoms with E-state index >= 15 is 0 Å². The Bertz CT molecular complexity index is 318. The molecule has 0 fully saturated rings. The number of ether oxygens (including phenoxy) is 2. The lowest BCUT2D eigenvalue weighted by Gasteiger charge is -2.26. The zero-order valence-electron chi connectivity index (χ0n) is 10.7. The standard InChI is InChI=1S/C11H20ClN3O2/c1-5-16-11(17-6-2)9(13-3)10-8(12)7-14-15(10)4/h7,9,11,13H,5-6H2,1-4H3. The Kier molecular flexibility index (Phi) is 5.91. The Morgan fingerprint density at radius 3 is 2.35 bits per heavy atom. The minimum atomic E-state index is -0.372. The largest absolute Gasteiger partial charge is 0.351 e. The van der Waals surface area contributed by atoms with Gasteiger partial charge in [0.15, 0.2) is 6.29 Å². The van der Waals surface area contributed by atoms with Crippen molar-refractivity contribution >= 4 is 11.6 Å². The normalized spacial score (nSPS) is 13.3. The van der Waals surface area contributed by atoms with Gasteiger partial charge in [-0.2, -0.15) is 5.10 Å². The number of aromatic nitrogens is 2. The van der Waals surface area contributed by atoms with Crippen LogP contribution in [0.5, 0.6) is 0 Å². The highest BCUT2D eigenvalue weighted by atomic mass is 35.5. The van der Waals surface area contributed by atoms with E-state index in [-0.39, 0.29) is 12.3 Å². The van der Waals surface area contributed by atoms with Crippen LogP contribution in [0.1, 0.15) is 25.6 Å². The molecule has 0 radical (unpaired) electrons. The molecule has 1 aromatic rings. The highest BCUT2D eigenvalue weighted by Crippen LogP contribution is 2.26. The van der Waals surface area contributed by atoms with Gasteiger partial charge in [0.25, 0.3) is 0 Å². The lowest BCUT2D eigenvalue weighted by molar-refractivity contribution is -0.155. The Hall–Kier alpha value is -0.620. The quantitative estimate of drug-likeness (QED) is 0.760. The fraction of sp³-hybridized carbons (Fsp3) is 0.727. The SMILES string of the molecule is CCOC(OCC)C(NC)c1c(Cl)cnn1C. The first-order valence-corrected chi connectivity index (χ1v) is 6.11. The lowest BCUT2D eigenvalue weighted by Crippen LogP contribution is -2.35. The van der Waals surface area contributed by atoms with Crippen molar-refractivity contribution in [3.05, 3.63) is 16.9 Å². The molecule has 0 saturated carbocycles. The zero-order chi connectivity index (χ0) is 12.8. The molecule has 5 nitrogen and oxygen atoms in total. The molecule has 1 heterocycles. The number of hydrogen-bond acceptors (Lipinski definition) is 4. The van der Waals surface area contributed by atoms with Crippen LogP contribution in [-0.2, 0) is 16.5 Å². The number of aryl methyl sites for hydroxylation is 1. The first-order valence-electron chi connectivity index (χ1n) is 5.73. The van der Waals surface area contributed by atoms with Crippen LogP contribution in [-0.4, -0.2) is 36.3 Å². The van der Waals surface area contributed by atoms with Crippen LogP contribution in [0.2, 0.25) is 5.02 Å². The summed E-state index contributed by atoms with van der Waals surface area (Å²) in [5.74, 6) is 0. The Balaban J connectivity index is 2.95. The summed E-state index contributed by atoms with van der Waals surface area (Å²) >= 11 is 6.13. The van der Waals surface area contributed by atoms with Crippen LogP contribution >= 0.6 is 11.6 Å². The molecule has 0 saturated heterocycles. The summed E-state index contributed by atoms with van der Waals surface area (Å²) in [5.41, 5.74) is 0.862. The number of nitrogens with one attached hydrogen (secondary N) is 1. The van der Waals surface area contributed by atoms with Crippen molar-refractivity contribution in [3.63, 3.8) is 0 Å². The lowest BCUT2D eigenvalue weighted by atomic mass is 10.2. The maximum absolute atomic E-state index is 6.13. The van der Waals surface area contributed by atoms with Crippen LogP contribution < -0.4 is 5.32 Å². The van der Waals surface area contributed by atoms with E-state index < -0.39 is 0 Å². The van der Waals surface area contributed by atoms with Gasteiger partial charge in [0.2, 0.25) is 0 Å². The minimum absolute atomic E-state index is 0.144. The first-order chi connectivity index (χ1) is 8.15. The zero-order valence-corrected chi connectivity index (χ0v) is 11.5. The van der Waals surface area contributed by atoms with Gasteiger partial charge in [-0.05, 0) is 20.9 Å². The van der Waals surface area contributed by atoms with Gasteiger partial charge in [-0.3, -0.25) is 4.68 Å². The summed E-state index contributed by atoms with van der Waals surface area (Å²) in [6.07, 6.45) is 1.25. The fourth-order valence-electron chi connectivity index (χ4n) is 1.74. The molecule has 6 heteroatoms. The topological polar surface area (TPSA) is 48.3 Å². The first kappa shape index (κ1) is 14.4. The fourth-order valence-corrected chi connectivity index (χ4v) is 2.02. The van der Waals surface area contributed by atoms with Crippen molar-refractivity contribution < 1.29 is 9.47 Å². The van der Waals surface area contributed by atoms with Crippen LogP contribution in [0.15, 0.2) is 6.20 Å². The Labute approximate surface area is 107 Å². The van der Waals surface area contributed by atoms with Crippen molar-refractivity contribution in [2.75, 3.05) is 20.3 Å². The van der Waals surface area contributed by atoms with Gasteiger partial charge in [0.1, 0.15) is 6.04 Å². The van der Waals surface area contributed by atoms with Crippen LogP contribution in [0.3, 0.4) is 0 Å².